The quantitative estimate of drug-likeness (QED) is 0.265. The number of aryl methyl sites for hydroxylation is 1. The first kappa shape index (κ1) is 24.4. The fraction of sp³-hybridized carbons (Fsp3) is 0.120. The van der Waals surface area contributed by atoms with Crippen molar-refractivity contribution in [3.8, 4) is 16.2 Å². The predicted molar refractivity (Wildman–Crippen MR) is 134 cm³/mol. The minimum Gasteiger partial charge on any atom is -0.497 e. The maximum absolute atomic E-state index is 14.1. The summed E-state index contributed by atoms with van der Waals surface area (Å²) in [5, 5.41) is 11.4. The monoisotopic (exact) mass is 509 g/mol. The Morgan fingerprint density at radius 2 is 1.91 bits per heavy atom. The topological polar surface area (TPSA) is 109 Å². The van der Waals surface area contributed by atoms with Crippen molar-refractivity contribution in [3.63, 3.8) is 0 Å². The van der Waals surface area contributed by atoms with Crippen LogP contribution in [0, 0.1) is 6.92 Å². The van der Waals surface area contributed by atoms with Crippen molar-refractivity contribution in [2.45, 2.75) is 18.4 Å². The number of carbonyl (C=O) groups excluding carboxylic acids is 1. The number of pyridine rings is 1. The van der Waals surface area contributed by atoms with Crippen LogP contribution in [0.5, 0.6) is 5.75 Å². The number of hydrogen-bond donors (Lipinski definition) is 2. The van der Waals surface area contributed by atoms with Crippen LogP contribution in [0.1, 0.15) is 21.5 Å². The van der Waals surface area contributed by atoms with Crippen LogP contribution < -0.4 is 14.5 Å². The molecule has 0 radical (unpaired) electrons. The molecule has 4 rings (SSSR count). The Morgan fingerprint density at radius 1 is 1.14 bits per heavy atom. The lowest BCUT2D eigenvalue weighted by atomic mass is 10.0. The van der Waals surface area contributed by atoms with Crippen LogP contribution in [0.3, 0.4) is 0 Å². The SMILES string of the molecule is COc1ccc(S(=O)(=O)N(Cc2cccnc2)c2c(C(=O)NO)cc(C)cc2-c2cccs2)cc1. The molecule has 2 heterocycles. The van der Waals surface area contributed by atoms with Gasteiger partial charge in [-0.15, -0.1) is 11.3 Å². The zero-order chi connectivity index (χ0) is 25.0. The summed E-state index contributed by atoms with van der Waals surface area (Å²) in [6, 6.07) is 16.6. The van der Waals surface area contributed by atoms with Crippen molar-refractivity contribution in [3.05, 3.63) is 95.1 Å². The largest absolute Gasteiger partial charge is 0.497 e. The molecule has 0 saturated heterocycles. The van der Waals surface area contributed by atoms with Gasteiger partial charge in [-0.25, -0.2) is 13.9 Å². The van der Waals surface area contributed by atoms with Gasteiger partial charge >= 0.3 is 0 Å². The molecule has 35 heavy (non-hydrogen) atoms. The standard InChI is InChI=1S/C25H23N3O5S2/c1-17-13-21(23-6-4-12-34-23)24(22(14-17)25(29)27-30)28(16-18-5-3-11-26-15-18)35(31,32)20-9-7-19(33-2)8-10-20/h3-15,30H,16H2,1-2H3,(H,27,29). The molecule has 4 aromatic rings. The highest BCUT2D eigenvalue weighted by Gasteiger charge is 2.32. The highest BCUT2D eigenvalue weighted by atomic mass is 32.2. The van der Waals surface area contributed by atoms with Crippen molar-refractivity contribution in [1.29, 1.82) is 0 Å². The van der Waals surface area contributed by atoms with E-state index in [4.69, 9.17) is 4.74 Å². The lowest BCUT2D eigenvalue weighted by molar-refractivity contribution is 0.0707. The highest BCUT2D eigenvalue weighted by molar-refractivity contribution is 7.92. The number of benzene rings is 2. The molecule has 10 heteroatoms. The number of ether oxygens (including phenoxy) is 1. The molecular weight excluding hydrogens is 486 g/mol. The van der Waals surface area contributed by atoms with Gasteiger partial charge in [-0.2, -0.15) is 0 Å². The van der Waals surface area contributed by atoms with Crippen LogP contribution in [0.25, 0.3) is 10.4 Å². The maximum Gasteiger partial charge on any atom is 0.276 e. The van der Waals surface area contributed by atoms with Gasteiger partial charge in [0.1, 0.15) is 5.75 Å². The molecule has 180 valence electrons. The molecular formula is C25H23N3O5S2. The summed E-state index contributed by atoms with van der Waals surface area (Å²) >= 11 is 1.42. The summed E-state index contributed by atoms with van der Waals surface area (Å²) in [6.07, 6.45) is 3.17. The minimum atomic E-state index is -4.17. The van der Waals surface area contributed by atoms with E-state index in [-0.39, 0.29) is 22.7 Å². The molecule has 1 amide bonds. The number of anilines is 1. The number of sulfonamides is 1. The van der Waals surface area contributed by atoms with Gasteiger partial charge in [-0.3, -0.25) is 19.3 Å². The van der Waals surface area contributed by atoms with Gasteiger partial charge in [0.2, 0.25) is 0 Å². The summed E-state index contributed by atoms with van der Waals surface area (Å²) < 4.78 is 34.5. The number of amides is 1. The number of rotatable bonds is 8. The first-order chi connectivity index (χ1) is 16.8. The Bertz CT molecular complexity index is 1420. The summed E-state index contributed by atoms with van der Waals surface area (Å²) in [5.74, 6) is -0.305. The van der Waals surface area contributed by atoms with Gasteiger partial charge in [0.15, 0.2) is 0 Å². The number of hydroxylamine groups is 1. The van der Waals surface area contributed by atoms with Gasteiger partial charge in [0, 0.05) is 22.8 Å². The van der Waals surface area contributed by atoms with E-state index >= 15 is 0 Å². The third-order valence-corrected chi connectivity index (χ3v) is 8.00. The van der Waals surface area contributed by atoms with Crippen LogP contribution in [0.15, 0.2) is 83.3 Å². The summed E-state index contributed by atoms with van der Waals surface area (Å²) in [4.78, 5) is 17.7. The molecule has 0 aliphatic heterocycles. The van der Waals surface area contributed by atoms with Gasteiger partial charge in [-0.1, -0.05) is 12.1 Å². The van der Waals surface area contributed by atoms with E-state index in [1.165, 1.54) is 34.9 Å². The molecule has 2 aromatic heterocycles. The van der Waals surface area contributed by atoms with E-state index in [1.54, 1.807) is 55.1 Å². The van der Waals surface area contributed by atoms with Crippen LogP contribution in [0.4, 0.5) is 5.69 Å². The number of thiophene rings is 1. The number of aromatic nitrogens is 1. The van der Waals surface area contributed by atoms with Crippen LogP contribution in [0.2, 0.25) is 0 Å². The Labute approximate surface area is 207 Å². The average Bonchev–Trinajstić information content (AvgIpc) is 3.42. The van der Waals surface area contributed by atoms with Gasteiger partial charge < -0.3 is 4.74 Å². The molecule has 0 unspecified atom stereocenters. The smallest absolute Gasteiger partial charge is 0.276 e. The first-order valence-corrected chi connectivity index (χ1v) is 12.9. The molecule has 0 bridgehead atoms. The molecule has 0 saturated carbocycles. The summed E-state index contributed by atoms with van der Waals surface area (Å²) in [7, 11) is -2.68. The Kier molecular flexibility index (Phi) is 7.15. The van der Waals surface area contributed by atoms with Crippen LogP contribution in [-0.2, 0) is 16.6 Å². The van der Waals surface area contributed by atoms with Gasteiger partial charge in [0.05, 0.1) is 29.8 Å². The molecule has 0 aliphatic carbocycles. The predicted octanol–water partition coefficient (Wildman–Crippen LogP) is 4.64. The maximum atomic E-state index is 14.1. The number of nitrogens with zero attached hydrogens (tertiary/aromatic N) is 2. The highest BCUT2D eigenvalue weighted by Crippen LogP contribution is 2.41. The Balaban J connectivity index is 2.01. The fourth-order valence-electron chi connectivity index (χ4n) is 3.72. The van der Waals surface area contributed by atoms with Crippen LogP contribution >= 0.6 is 11.3 Å². The molecule has 0 fully saturated rings. The lowest BCUT2D eigenvalue weighted by Crippen LogP contribution is -2.34. The second-order valence-corrected chi connectivity index (χ2v) is 10.5. The second kappa shape index (κ2) is 10.3. The van der Waals surface area contributed by atoms with Crippen molar-refractivity contribution in [1.82, 2.24) is 10.5 Å². The molecule has 2 aromatic carbocycles. The summed E-state index contributed by atoms with van der Waals surface area (Å²) in [5.41, 5.74) is 3.76. The normalized spacial score (nSPS) is 11.2. The number of methoxy groups -OCH3 is 1. The first-order valence-electron chi connectivity index (χ1n) is 10.5. The zero-order valence-electron chi connectivity index (χ0n) is 19.0. The molecule has 0 atom stereocenters. The molecule has 0 spiro atoms. The molecule has 2 N–H and O–H groups in total. The van der Waals surface area contributed by atoms with E-state index in [9.17, 15) is 18.4 Å². The second-order valence-electron chi connectivity index (χ2n) is 7.68. The molecule has 0 aliphatic rings. The van der Waals surface area contributed by atoms with E-state index in [1.807, 2.05) is 23.6 Å². The lowest BCUT2D eigenvalue weighted by Gasteiger charge is -2.29. The van der Waals surface area contributed by atoms with E-state index in [2.05, 4.69) is 4.98 Å². The van der Waals surface area contributed by atoms with Crippen LogP contribution in [-0.4, -0.2) is 31.6 Å². The van der Waals surface area contributed by atoms with Crippen molar-refractivity contribution in [2.75, 3.05) is 11.4 Å². The Hall–Kier alpha value is -3.73. The minimum absolute atomic E-state index is 0.0234. The number of carbonyl (C=O) groups is 1. The fourth-order valence-corrected chi connectivity index (χ4v) is 5.95. The van der Waals surface area contributed by atoms with Crippen molar-refractivity contribution >= 4 is 33.0 Å². The number of hydrogen-bond acceptors (Lipinski definition) is 7. The zero-order valence-corrected chi connectivity index (χ0v) is 20.6. The van der Waals surface area contributed by atoms with E-state index in [0.29, 0.717) is 16.9 Å². The number of nitrogens with one attached hydrogen (secondary N) is 1. The van der Waals surface area contributed by atoms with E-state index in [0.717, 1.165) is 10.4 Å². The van der Waals surface area contributed by atoms with Crippen molar-refractivity contribution in [2.24, 2.45) is 0 Å². The third kappa shape index (κ3) is 5.04. The third-order valence-electron chi connectivity index (χ3n) is 5.33. The van der Waals surface area contributed by atoms with Gasteiger partial charge in [0.25, 0.3) is 15.9 Å². The van der Waals surface area contributed by atoms with Gasteiger partial charge in [-0.05, 0) is 72.0 Å². The Morgan fingerprint density at radius 3 is 2.51 bits per heavy atom. The molecule has 8 nitrogen and oxygen atoms in total. The summed E-state index contributed by atoms with van der Waals surface area (Å²) in [6.45, 7) is 1.72. The van der Waals surface area contributed by atoms with E-state index < -0.39 is 15.9 Å². The average molecular weight is 510 g/mol. The van der Waals surface area contributed by atoms with Crippen molar-refractivity contribution < 1.29 is 23.2 Å².